The molecule has 1 saturated carbocycles. The first-order chi connectivity index (χ1) is 12.5. The third-order valence-electron chi connectivity index (χ3n) is 4.94. The number of hydrogen-bond donors (Lipinski definition) is 1. The van der Waals surface area contributed by atoms with E-state index < -0.39 is 0 Å². The molecule has 0 aliphatic heterocycles. The molecule has 0 spiro atoms. The predicted octanol–water partition coefficient (Wildman–Crippen LogP) is 4.36. The van der Waals surface area contributed by atoms with Crippen LogP contribution in [0.5, 0.6) is 0 Å². The number of anilines is 1. The second kappa shape index (κ2) is 7.89. The van der Waals surface area contributed by atoms with Gasteiger partial charge in [0, 0.05) is 37.4 Å². The van der Waals surface area contributed by atoms with Gasteiger partial charge >= 0.3 is 0 Å². The quantitative estimate of drug-likeness (QED) is 0.836. The third-order valence-corrected chi connectivity index (χ3v) is 4.94. The Hall–Kier alpha value is -2.37. The summed E-state index contributed by atoms with van der Waals surface area (Å²) in [5.74, 6) is 0.604. The summed E-state index contributed by atoms with van der Waals surface area (Å²) in [6.07, 6.45) is 10.7. The van der Waals surface area contributed by atoms with Crippen LogP contribution in [0.25, 0.3) is 11.0 Å². The van der Waals surface area contributed by atoms with Gasteiger partial charge in [0.25, 0.3) is 5.91 Å². The van der Waals surface area contributed by atoms with Crippen molar-refractivity contribution in [3.8, 4) is 0 Å². The standard InChI is InChI=1S/C20H29N5O/c1-5-6-9-14(2)22-20-21-13-15-12-17(19(26)24(3)4)25(18(15)23-20)16-10-7-8-11-16/h9,12-13,16H,5-8,10-11H2,1-4H3,(H,21,22,23)/b14-9+. The van der Waals surface area contributed by atoms with E-state index in [4.69, 9.17) is 4.98 Å². The Bertz CT molecular complexity index is 815. The van der Waals surface area contributed by atoms with E-state index in [-0.39, 0.29) is 5.91 Å². The number of unbranched alkanes of at least 4 members (excludes halogenated alkanes) is 1. The Balaban J connectivity index is 2.03. The molecule has 1 aliphatic rings. The summed E-state index contributed by atoms with van der Waals surface area (Å²) in [5.41, 5.74) is 2.61. The maximum atomic E-state index is 12.7. The van der Waals surface area contributed by atoms with E-state index in [1.54, 1.807) is 19.0 Å². The Morgan fingerprint density at radius 1 is 1.38 bits per heavy atom. The van der Waals surface area contributed by atoms with E-state index in [0.29, 0.717) is 17.7 Å². The number of carbonyl (C=O) groups is 1. The van der Waals surface area contributed by atoms with Crippen LogP contribution in [0.3, 0.4) is 0 Å². The zero-order valence-electron chi connectivity index (χ0n) is 16.2. The van der Waals surface area contributed by atoms with Crippen LogP contribution >= 0.6 is 0 Å². The predicted molar refractivity (Wildman–Crippen MR) is 105 cm³/mol. The SMILES string of the molecule is CCC/C=C(\C)Nc1ncc2cc(C(=O)N(C)C)n(C3CCCC3)c2n1. The van der Waals surface area contributed by atoms with Gasteiger partial charge in [0.2, 0.25) is 5.95 Å². The minimum atomic E-state index is 0.0171. The largest absolute Gasteiger partial charge is 0.343 e. The highest BCUT2D eigenvalue weighted by Gasteiger charge is 2.26. The lowest BCUT2D eigenvalue weighted by molar-refractivity contribution is 0.0815. The Morgan fingerprint density at radius 3 is 2.77 bits per heavy atom. The number of nitrogens with one attached hydrogen (secondary N) is 1. The normalized spacial score (nSPS) is 15.6. The monoisotopic (exact) mass is 355 g/mol. The molecule has 0 unspecified atom stereocenters. The average Bonchev–Trinajstić information content (AvgIpc) is 3.25. The van der Waals surface area contributed by atoms with Gasteiger partial charge in [-0.3, -0.25) is 4.79 Å². The zero-order valence-corrected chi connectivity index (χ0v) is 16.2. The van der Waals surface area contributed by atoms with Crippen LogP contribution in [0.2, 0.25) is 0 Å². The summed E-state index contributed by atoms with van der Waals surface area (Å²) < 4.78 is 2.14. The number of amides is 1. The van der Waals surface area contributed by atoms with Gasteiger partial charge in [-0.2, -0.15) is 4.98 Å². The molecule has 1 N–H and O–H groups in total. The van der Waals surface area contributed by atoms with E-state index in [9.17, 15) is 4.79 Å². The smallest absolute Gasteiger partial charge is 0.270 e. The molecular weight excluding hydrogens is 326 g/mol. The first kappa shape index (κ1) is 18.4. The van der Waals surface area contributed by atoms with Crippen LogP contribution in [0.15, 0.2) is 24.0 Å². The van der Waals surface area contributed by atoms with Crippen LogP contribution in [-0.2, 0) is 0 Å². The van der Waals surface area contributed by atoms with Crippen LogP contribution in [0.4, 0.5) is 5.95 Å². The topological polar surface area (TPSA) is 63.1 Å². The molecule has 2 heterocycles. The number of nitrogens with zero attached hydrogens (tertiary/aromatic N) is 4. The number of carbonyl (C=O) groups excluding carboxylic acids is 1. The molecule has 0 saturated heterocycles. The molecular formula is C20H29N5O. The first-order valence-corrected chi connectivity index (χ1v) is 9.54. The van der Waals surface area contributed by atoms with Gasteiger partial charge in [-0.1, -0.05) is 32.3 Å². The fourth-order valence-electron chi connectivity index (χ4n) is 3.58. The number of hydrogen-bond acceptors (Lipinski definition) is 4. The molecule has 6 nitrogen and oxygen atoms in total. The van der Waals surface area contributed by atoms with Gasteiger partial charge in [0.05, 0.1) is 0 Å². The number of fused-ring (bicyclic) bond motifs is 1. The highest BCUT2D eigenvalue weighted by Crippen LogP contribution is 2.34. The van der Waals surface area contributed by atoms with Crippen molar-refractivity contribution in [3.63, 3.8) is 0 Å². The maximum Gasteiger partial charge on any atom is 0.270 e. The van der Waals surface area contributed by atoms with Crippen molar-refractivity contribution in [2.45, 2.75) is 58.4 Å². The Labute approximate surface area is 155 Å². The van der Waals surface area contributed by atoms with Crippen molar-refractivity contribution < 1.29 is 4.79 Å². The number of allylic oxidation sites excluding steroid dienone is 2. The van der Waals surface area contributed by atoms with Crippen LogP contribution in [0.1, 0.15) is 68.9 Å². The molecule has 1 aliphatic carbocycles. The lowest BCUT2D eigenvalue weighted by Gasteiger charge is -2.19. The minimum absolute atomic E-state index is 0.0171. The van der Waals surface area contributed by atoms with E-state index in [2.05, 4.69) is 27.9 Å². The lowest BCUT2D eigenvalue weighted by Crippen LogP contribution is -2.25. The molecule has 2 aromatic heterocycles. The Kier molecular flexibility index (Phi) is 5.59. The van der Waals surface area contributed by atoms with Crippen LogP contribution in [-0.4, -0.2) is 39.4 Å². The van der Waals surface area contributed by atoms with Crippen LogP contribution < -0.4 is 5.32 Å². The summed E-state index contributed by atoms with van der Waals surface area (Å²) in [6, 6.07) is 2.27. The minimum Gasteiger partial charge on any atom is -0.343 e. The molecule has 26 heavy (non-hydrogen) atoms. The van der Waals surface area contributed by atoms with Gasteiger partial charge in [-0.15, -0.1) is 0 Å². The van der Waals surface area contributed by atoms with Crippen LogP contribution in [0, 0.1) is 0 Å². The summed E-state index contributed by atoms with van der Waals surface area (Å²) in [4.78, 5) is 23.5. The number of rotatable bonds is 6. The van der Waals surface area contributed by atoms with Gasteiger partial charge in [-0.25, -0.2) is 4.98 Å². The van der Waals surface area contributed by atoms with Gasteiger partial charge in [0.15, 0.2) is 0 Å². The van der Waals surface area contributed by atoms with E-state index in [1.165, 1.54) is 12.8 Å². The van der Waals surface area contributed by atoms with Crippen molar-refractivity contribution in [3.05, 3.63) is 29.7 Å². The van der Waals surface area contributed by atoms with Crippen molar-refractivity contribution in [1.82, 2.24) is 19.4 Å². The van der Waals surface area contributed by atoms with Crippen molar-refractivity contribution in [2.24, 2.45) is 0 Å². The molecule has 1 amide bonds. The van der Waals surface area contributed by atoms with Crippen molar-refractivity contribution >= 4 is 22.9 Å². The van der Waals surface area contributed by atoms with Gasteiger partial charge < -0.3 is 14.8 Å². The maximum absolute atomic E-state index is 12.7. The highest BCUT2D eigenvalue weighted by molar-refractivity contribution is 5.97. The fraction of sp³-hybridized carbons (Fsp3) is 0.550. The summed E-state index contributed by atoms with van der Waals surface area (Å²) in [7, 11) is 3.58. The van der Waals surface area contributed by atoms with E-state index in [0.717, 1.165) is 42.4 Å². The van der Waals surface area contributed by atoms with Gasteiger partial charge in [0.1, 0.15) is 11.3 Å². The second-order valence-electron chi connectivity index (χ2n) is 7.31. The zero-order chi connectivity index (χ0) is 18.7. The van der Waals surface area contributed by atoms with E-state index >= 15 is 0 Å². The molecule has 0 aromatic carbocycles. The summed E-state index contributed by atoms with van der Waals surface area (Å²) in [6.45, 7) is 4.18. The summed E-state index contributed by atoms with van der Waals surface area (Å²) >= 11 is 0. The summed E-state index contributed by atoms with van der Waals surface area (Å²) in [5, 5.41) is 4.20. The Morgan fingerprint density at radius 2 is 2.12 bits per heavy atom. The van der Waals surface area contributed by atoms with E-state index in [1.807, 2.05) is 19.2 Å². The molecule has 1 fully saturated rings. The molecule has 6 heteroatoms. The first-order valence-electron chi connectivity index (χ1n) is 9.54. The fourth-order valence-corrected chi connectivity index (χ4v) is 3.58. The third kappa shape index (κ3) is 3.74. The molecule has 3 rings (SSSR count). The van der Waals surface area contributed by atoms with Crippen molar-refractivity contribution in [1.29, 1.82) is 0 Å². The van der Waals surface area contributed by atoms with Gasteiger partial charge in [-0.05, 0) is 32.3 Å². The molecule has 0 bridgehead atoms. The average molecular weight is 355 g/mol. The number of aromatic nitrogens is 3. The molecule has 0 atom stereocenters. The van der Waals surface area contributed by atoms with Crippen molar-refractivity contribution in [2.75, 3.05) is 19.4 Å². The molecule has 140 valence electrons. The second-order valence-corrected chi connectivity index (χ2v) is 7.31. The highest BCUT2D eigenvalue weighted by atomic mass is 16.2. The lowest BCUT2D eigenvalue weighted by atomic mass is 10.2. The molecule has 0 radical (unpaired) electrons. The molecule has 2 aromatic rings.